The SMILES string of the molecule is COC(=O)C1(NC(=O)c2cc(=O)[nH]c3ccccc23)CCCCC1. The molecule has 1 aliphatic carbocycles. The summed E-state index contributed by atoms with van der Waals surface area (Å²) in [5.74, 6) is -0.853. The molecule has 1 saturated carbocycles. The van der Waals surface area contributed by atoms with Crippen molar-refractivity contribution in [1.29, 1.82) is 0 Å². The molecule has 1 aromatic heterocycles. The smallest absolute Gasteiger partial charge is 0.331 e. The Morgan fingerprint density at radius 3 is 2.58 bits per heavy atom. The maximum atomic E-state index is 12.8. The fourth-order valence-electron chi connectivity index (χ4n) is 3.41. The number of hydrogen-bond donors (Lipinski definition) is 2. The average Bonchev–Trinajstić information content (AvgIpc) is 2.60. The minimum Gasteiger partial charge on any atom is -0.467 e. The van der Waals surface area contributed by atoms with E-state index in [-0.39, 0.29) is 11.1 Å². The highest BCUT2D eigenvalue weighted by molar-refractivity contribution is 6.07. The number of fused-ring (bicyclic) bond motifs is 1. The van der Waals surface area contributed by atoms with E-state index in [1.807, 2.05) is 0 Å². The van der Waals surface area contributed by atoms with Crippen LogP contribution in [-0.2, 0) is 9.53 Å². The number of aromatic amines is 1. The number of H-pyrrole nitrogens is 1. The number of methoxy groups -OCH3 is 1. The highest BCUT2D eigenvalue weighted by atomic mass is 16.5. The van der Waals surface area contributed by atoms with Crippen LogP contribution in [0.5, 0.6) is 0 Å². The first kappa shape index (κ1) is 16.2. The third-order valence-electron chi connectivity index (χ3n) is 4.63. The number of amides is 1. The van der Waals surface area contributed by atoms with Crippen LogP contribution in [-0.4, -0.2) is 29.5 Å². The standard InChI is InChI=1S/C18H20N2O4/c1-24-17(23)18(9-5-2-6-10-18)20-16(22)13-11-15(21)19-14-8-4-3-7-12(13)14/h3-4,7-8,11H,2,5-6,9-10H2,1H3,(H,19,21)(H,20,22). The third kappa shape index (κ3) is 2.91. The molecule has 0 saturated heterocycles. The van der Waals surface area contributed by atoms with E-state index >= 15 is 0 Å². The van der Waals surface area contributed by atoms with Gasteiger partial charge in [-0.25, -0.2) is 4.79 Å². The summed E-state index contributed by atoms with van der Waals surface area (Å²) in [5.41, 5.74) is -0.503. The van der Waals surface area contributed by atoms with Gasteiger partial charge in [-0.2, -0.15) is 0 Å². The Morgan fingerprint density at radius 2 is 1.88 bits per heavy atom. The van der Waals surface area contributed by atoms with E-state index in [2.05, 4.69) is 10.3 Å². The second-order valence-corrected chi connectivity index (χ2v) is 6.18. The Balaban J connectivity index is 1.99. The summed E-state index contributed by atoms with van der Waals surface area (Å²) >= 11 is 0. The lowest BCUT2D eigenvalue weighted by Crippen LogP contribution is -2.56. The van der Waals surface area contributed by atoms with Crippen LogP contribution in [0.15, 0.2) is 35.1 Å². The Labute approximate surface area is 139 Å². The van der Waals surface area contributed by atoms with Gasteiger partial charge in [0.25, 0.3) is 5.91 Å². The predicted octanol–water partition coefficient (Wildman–Crippen LogP) is 2.13. The Morgan fingerprint density at radius 1 is 1.17 bits per heavy atom. The first-order valence-electron chi connectivity index (χ1n) is 8.09. The number of rotatable bonds is 3. The molecule has 2 aromatic rings. The number of carbonyl (C=O) groups excluding carboxylic acids is 2. The molecule has 0 atom stereocenters. The van der Waals surface area contributed by atoms with Crippen LogP contribution < -0.4 is 10.9 Å². The lowest BCUT2D eigenvalue weighted by atomic mass is 9.81. The van der Waals surface area contributed by atoms with E-state index in [0.717, 1.165) is 19.3 Å². The molecule has 24 heavy (non-hydrogen) atoms. The van der Waals surface area contributed by atoms with Crippen molar-refractivity contribution in [2.45, 2.75) is 37.6 Å². The first-order valence-corrected chi connectivity index (χ1v) is 8.09. The molecule has 0 aliphatic heterocycles. The number of ether oxygens (including phenoxy) is 1. The van der Waals surface area contributed by atoms with Gasteiger partial charge in [-0.15, -0.1) is 0 Å². The average molecular weight is 328 g/mol. The number of aromatic nitrogens is 1. The molecule has 0 unspecified atom stereocenters. The van der Waals surface area contributed by atoms with Gasteiger partial charge in [0.05, 0.1) is 12.7 Å². The van der Waals surface area contributed by atoms with E-state index in [0.29, 0.717) is 23.7 Å². The summed E-state index contributed by atoms with van der Waals surface area (Å²) in [7, 11) is 1.33. The summed E-state index contributed by atoms with van der Waals surface area (Å²) in [6.45, 7) is 0. The number of pyridine rings is 1. The number of nitrogens with one attached hydrogen (secondary N) is 2. The normalized spacial score (nSPS) is 16.5. The van der Waals surface area contributed by atoms with Crippen molar-refractivity contribution in [3.8, 4) is 0 Å². The van der Waals surface area contributed by atoms with Crippen LogP contribution in [0, 0.1) is 0 Å². The molecule has 1 heterocycles. The number of esters is 1. The van der Waals surface area contributed by atoms with Crippen LogP contribution in [0.1, 0.15) is 42.5 Å². The molecule has 3 rings (SSSR count). The van der Waals surface area contributed by atoms with E-state index in [4.69, 9.17) is 4.74 Å². The van der Waals surface area contributed by atoms with Crippen molar-refractivity contribution >= 4 is 22.8 Å². The molecule has 0 radical (unpaired) electrons. The minimum atomic E-state index is -1.01. The second kappa shape index (κ2) is 6.47. The lowest BCUT2D eigenvalue weighted by Gasteiger charge is -2.35. The Kier molecular flexibility index (Phi) is 4.38. The fraction of sp³-hybridized carbons (Fsp3) is 0.389. The third-order valence-corrected chi connectivity index (χ3v) is 4.63. The van der Waals surface area contributed by atoms with Gasteiger partial charge in [-0.1, -0.05) is 37.5 Å². The molecule has 6 heteroatoms. The van der Waals surface area contributed by atoms with Crippen molar-refractivity contribution in [1.82, 2.24) is 10.3 Å². The van der Waals surface area contributed by atoms with Crippen molar-refractivity contribution in [2.75, 3.05) is 7.11 Å². The summed E-state index contributed by atoms with van der Waals surface area (Å²) in [4.78, 5) is 39.7. The quantitative estimate of drug-likeness (QED) is 0.845. The Bertz CT molecular complexity index is 834. The van der Waals surface area contributed by atoms with Crippen LogP contribution in [0.4, 0.5) is 0 Å². The molecule has 1 fully saturated rings. The summed E-state index contributed by atoms with van der Waals surface area (Å²) in [6, 6.07) is 8.37. The molecular formula is C18H20N2O4. The molecule has 1 aromatic carbocycles. The van der Waals surface area contributed by atoms with Gasteiger partial charge < -0.3 is 15.0 Å². The zero-order valence-electron chi connectivity index (χ0n) is 13.6. The van der Waals surface area contributed by atoms with Gasteiger partial charge in [-0.05, 0) is 18.9 Å². The van der Waals surface area contributed by atoms with Crippen LogP contribution >= 0.6 is 0 Å². The van der Waals surface area contributed by atoms with Gasteiger partial charge in [0.1, 0.15) is 5.54 Å². The van der Waals surface area contributed by atoms with Crippen molar-refractivity contribution in [3.63, 3.8) is 0 Å². The zero-order valence-corrected chi connectivity index (χ0v) is 13.6. The maximum absolute atomic E-state index is 12.8. The lowest BCUT2D eigenvalue weighted by molar-refractivity contribution is -0.149. The summed E-state index contributed by atoms with van der Waals surface area (Å²) in [5, 5.41) is 3.50. The highest BCUT2D eigenvalue weighted by Gasteiger charge is 2.42. The van der Waals surface area contributed by atoms with Crippen LogP contribution in [0.3, 0.4) is 0 Å². The summed E-state index contributed by atoms with van der Waals surface area (Å²) < 4.78 is 4.92. The van der Waals surface area contributed by atoms with Crippen LogP contribution in [0.25, 0.3) is 10.9 Å². The first-order chi connectivity index (χ1) is 11.6. The highest BCUT2D eigenvalue weighted by Crippen LogP contribution is 2.30. The van der Waals surface area contributed by atoms with E-state index < -0.39 is 17.4 Å². The molecular weight excluding hydrogens is 308 g/mol. The largest absolute Gasteiger partial charge is 0.467 e. The summed E-state index contributed by atoms with van der Waals surface area (Å²) in [6.07, 6.45) is 3.83. The zero-order chi connectivity index (χ0) is 17.2. The van der Waals surface area contributed by atoms with E-state index in [1.54, 1.807) is 24.3 Å². The van der Waals surface area contributed by atoms with E-state index in [9.17, 15) is 14.4 Å². The number of hydrogen-bond acceptors (Lipinski definition) is 4. The van der Waals surface area contributed by atoms with Crippen LogP contribution in [0.2, 0.25) is 0 Å². The predicted molar refractivity (Wildman–Crippen MR) is 89.9 cm³/mol. The maximum Gasteiger partial charge on any atom is 0.331 e. The monoisotopic (exact) mass is 328 g/mol. The van der Waals surface area contributed by atoms with Crippen molar-refractivity contribution < 1.29 is 14.3 Å². The second-order valence-electron chi connectivity index (χ2n) is 6.18. The molecule has 0 spiro atoms. The molecule has 1 amide bonds. The number of para-hydroxylation sites is 1. The Hall–Kier alpha value is -2.63. The van der Waals surface area contributed by atoms with Gasteiger partial charge in [-0.3, -0.25) is 9.59 Å². The molecule has 1 aliphatic rings. The van der Waals surface area contributed by atoms with Crippen molar-refractivity contribution in [2.24, 2.45) is 0 Å². The fourth-order valence-corrected chi connectivity index (χ4v) is 3.41. The topological polar surface area (TPSA) is 88.3 Å². The molecule has 2 N–H and O–H groups in total. The van der Waals surface area contributed by atoms with Crippen molar-refractivity contribution in [3.05, 3.63) is 46.2 Å². The molecule has 0 bridgehead atoms. The van der Waals surface area contributed by atoms with Gasteiger partial charge in [0.15, 0.2) is 0 Å². The number of carbonyl (C=O) groups is 2. The minimum absolute atomic E-state index is 0.267. The molecule has 126 valence electrons. The number of benzene rings is 1. The van der Waals surface area contributed by atoms with E-state index in [1.165, 1.54) is 13.2 Å². The van der Waals surface area contributed by atoms with Gasteiger partial charge >= 0.3 is 5.97 Å². The molecule has 6 nitrogen and oxygen atoms in total. The van der Waals surface area contributed by atoms with Gasteiger partial charge in [0.2, 0.25) is 5.56 Å². The van der Waals surface area contributed by atoms with Gasteiger partial charge in [0, 0.05) is 17.0 Å².